The van der Waals surface area contributed by atoms with Crippen molar-refractivity contribution in [2.24, 2.45) is 11.3 Å². The summed E-state index contributed by atoms with van der Waals surface area (Å²) in [5.74, 6) is -1.93. The molecule has 0 aliphatic heterocycles. The van der Waals surface area contributed by atoms with Gasteiger partial charge >= 0.3 is 17.9 Å². The third-order valence-corrected chi connectivity index (χ3v) is 8.44. The topological polar surface area (TPSA) is 116 Å². The van der Waals surface area contributed by atoms with Gasteiger partial charge in [0, 0.05) is 30.6 Å². The van der Waals surface area contributed by atoms with E-state index in [2.05, 4.69) is 0 Å². The van der Waals surface area contributed by atoms with Crippen LogP contribution in [0.2, 0.25) is 0 Å². The zero-order valence-corrected chi connectivity index (χ0v) is 22.7. The summed E-state index contributed by atoms with van der Waals surface area (Å²) in [6.45, 7) is 8.33. The molecule has 8 heteroatoms. The van der Waals surface area contributed by atoms with E-state index >= 15 is 0 Å². The van der Waals surface area contributed by atoms with E-state index < -0.39 is 41.4 Å². The van der Waals surface area contributed by atoms with Gasteiger partial charge in [0.2, 0.25) is 5.78 Å². The number of ether oxygens (including phenoxy) is 3. The van der Waals surface area contributed by atoms with Crippen LogP contribution in [0, 0.1) is 11.3 Å². The number of ketones is 1. The van der Waals surface area contributed by atoms with E-state index in [4.69, 9.17) is 14.2 Å². The summed E-state index contributed by atoms with van der Waals surface area (Å²) in [5, 5.41) is 13.2. The molecular weight excluding hydrogens is 488 g/mol. The van der Waals surface area contributed by atoms with Gasteiger partial charge in [0.05, 0.1) is 6.10 Å². The van der Waals surface area contributed by atoms with Gasteiger partial charge in [-0.05, 0) is 52.8 Å². The number of esters is 3. The number of hydrogen-bond donors (Lipinski definition) is 1. The van der Waals surface area contributed by atoms with E-state index in [-0.39, 0.29) is 43.5 Å². The van der Waals surface area contributed by atoms with Gasteiger partial charge < -0.3 is 19.3 Å². The Morgan fingerprint density at radius 1 is 0.974 bits per heavy atom. The van der Waals surface area contributed by atoms with Crippen LogP contribution in [0.3, 0.4) is 0 Å². The number of benzene rings is 2. The Hall–Kier alpha value is -3.26. The third kappa shape index (κ3) is 4.38. The number of fused-ring (bicyclic) bond motifs is 5. The van der Waals surface area contributed by atoms with Crippen LogP contribution in [-0.2, 0) is 28.7 Å². The highest BCUT2D eigenvalue weighted by molar-refractivity contribution is 5.95. The van der Waals surface area contributed by atoms with E-state index in [0.29, 0.717) is 12.2 Å². The molecular formula is C30H36O8. The van der Waals surface area contributed by atoms with Gasteiger partial charge in [0.25, 0.3) is 0 Å². The van der Waals surface area contributed by atoms with Crippen molar-refractivity contribution in [3.8, 4) is 5.75 Å². The van der Waals surface area contributed by atoms with Crippen LogP contribution in [-0.4, -0.2) is 41.0 Å². The first kappa shape index (κ1) is 27.8. The van der Waals surface area contributed by atoms with Crippen LogP contribution < -0.4 is 4.74 Å². The lowest BCUT2D eigenvalue weighted by Gasteiger charge is -2.49. The molecule has 0 amide bonds. The van der Waals surface area contributed by atoms with Gasteiger partial charge in [0.15, 0.2) is 12.2 Å². The second kappa shape index (κ2) is 10.5. The van der Waals surface area contributed by atoms with Crippen molar-refractivity contribution in [1.29, 1.82) is 0 Å². The number of Topliss-reactive ketones (excluding diaryl/α,β-unsaturated/α-hetero) is 1. The molecule has 38 heavy (non-hydrogen) atoms. The van der Waals surface area contributed by atoms with Crippen LogP contribution in [0.5, 0.6) is 5.75 Å². The van der Waals surface area contributed by atoms with Gasteiger partial charge in [-0.15, -0.1) is 0 Å². The Morgan fingerprint density at radius 2 is 1.66 bits per heavy atom. The van der Waals surface area contributed by atoms with E-state index in [1.165, 1.54) is 0 Å². The highest BCUT2D eigenvalue weighted by Crippen LogP contribution is 2.66. The lowest BCUT2D eigenvalue weighted by atomic mass is 9.58. The molecule has 0 spiro atoms. The number of aliphatic hydroxyl groups is 1. The Bertz CT molecular complexity index is 1280. The zero-order chi connectivity index (χ0) is 27.8. The summed E-state index contributed by atoms with van der Waals surface area (Å²) in [6, 6.07) is 9.20. The van der Waals surface area contributed by atoms with Crippen molar-refractivity contribution in [3.63, 3.8) is 0 Å². The van der Waals surface area contributed by atoms with Crippen LogP contribution in [0.4, 0.5) is 0 Å². The van der Waals surface area contributed by atoms with E-state index in [1.807, 2.05) is 32.0 Å². The first-order valence-electron chi connectivity index (χ1n) is 13.4. The molecule has 2 aliphatic carbocycles. The maximum Gasteiger partial charge on any atom is 0.310 e. The number of rotatable bonds is 8. The van der Waals surface area contributed by atoms with Crippen molar-refractivity contribution < 1.29 is 38.5 Å². The summed E-state index contributed by atoms with van der Waals surface area (Å²) in [5.41, 5.74) is -0.807. The molecule has 2 aromatic carbocycles. The Kier molecular flexibility index (Phi) is 7.66. The predicted octanol–water partition coefficient (Wildman–Crippen LogP) is 4.94. The zero-order valence-electron chi connectivity index (χ0n) is 22.7. The Morgan fingerprint density at radius 3 is 2.32 bits per heavy atom. The molecule has 0 saturated heterocycles. The number of carbonyl (C=O) groups excluding carboxylic acids is 4. The second-order valence-electron chi connectivity index (χ2n) is 10.6. The molecule has 0 heterocycles. The fraction of sp³-hybridized carbons (Fsp3) is 0.533. The van der Waals surface area contributed by atoms with Crippen LogP contribution >= 0.6 is 0 Å². The molecule has 8 nitrogen and oxygen atoms in total. The highest BCUT2D eigenvalue weighted by atomic mass is 16.6. The molecule has 2 aromatic rings. The number of aliphatic hydroxyl groups excluding tert-OH is 1. The van der Waals surface area contributed by atoms with Crippen molar-refractivity contribution in [3.05, 3.63) is 41.5 Å². The van der Waals surface area contributed by atoms with Crippen LogP contribution in [0.1, 0.15) is 89.9 Å². The normalized spacial score (nSPS) is 27.8. The van der Waals surface area contributed by atoms with Gasteiger partial charge in [0.1, 0.15) is 5.75 Å². The third-order valence-electron chi connectivity index (χ3n) is 8.44. The highest BCUT2D eigenvalue weighted by Gasteiger charge is 2.69. The summed E-state index contributed by atoms with van der Waals surface area (Å²) in [4.78, 5) is 50.1. The van der Waals surface area contributed by atoms with Crippen molar-refractivity contribution in [1.82, 2.24) is 0 Å². The molecule has 0 unspecified atom stereocenters. The minimum Gasteiger partial charge on any atom is -0.457 e. The first-order valence-corrected chi connectivity index (χ1v) is 13.4. The largest absolute Gasteiger partial charge is 0.457 e. The summed E-state index contributed by atoms with van der Waals surface area (Å²) in [6.07, 6.45) is 0.286. The molecule has 2 aliphatic rings. The van der Waals surface area contributed by atoms with Gasteiger partial charge in [-0.25, -0.2) is 0 Å². The molecule has 4 rings (SSSR count). The summed E-state index contributed by atoms with van der Waals surface area (Å²) < 4.78 is 16.6. The average Bonchev–Trinajstić information content (AvgIpc) is 3.12. The average molecular weight is 525 g/mol. The van der Waals surface area contributed by atoms with E-state index in [0.717, 1.165) is 21.9 Å². The van der Waals surface area contributed by atoms with Crippen molar-refractivity contribution in [2.45, 2.75) is 84.3 Å². The first-order chi connectivity index (χ1) is 18.0. The number of carbonyl (C=O) groups is 4. The Balaban J connectivity index is 1.81. The fourth-order valence-corrected chi connectivity index (χ4v) is 6.64. The standard InChI is InChI=1S/C30H36O8/c1-6-25(33)36-16-24(32)30(38-27(35)8-3)17(4)13-22-21-11-9-18-14-19(37-26(34)7-2)10-12-20(18)28(21)23(31)15-29(22,30)5/h9-12,14,17,22-23,31H,6-8,13,15-16H2,1-5H3/t17-,22+,23-,29+,30+/m1/s1. The lowest BCUT2D eigenvalue weighted by molar-refractivity contribution is -0.192. The second-order valence-corrected chi connectivity index (χ2v) is 10.6. The fourth-order valence-electron chi connectivity index (χ4n) is 6.64. The molecule has 0 aromatic heterocycles. The van der Waals surface area contributed by atoms with Gasteiger partial charge in [-0.3, -0.25) is 19.2 Å². The smallest absolute Gasteiger partial charge is 0.310 e. The molecule has 1 saturated carbocycles. The molecule has 0 bridgehead atoms. The van der Waals surface area contributed by atoms with Crippen molar-refractivity contribution in [2.75, 3.05) is 6.61 Å². The molecule has 5 atom stereocenters. The van der Waals surface area contributed by atoms with E-state index in [9.17, 15) is 24.3 Å². The number of hydrogen-bond acceptors (Lipinski definition) is 8. The molecule has 204 valence electrons. The minimum atomic E-state index is -1.55. The maximum absolute atomic E-state index is 13.8. The SMILES string of the molecule is CCC(=O)OCC(=O)[C@@]1(OC(=O)CC)[C@H](C)C[C@H]2c3ccc4cc(OC(=O)CC)ccc4c3[C@H](O)C[C@@]21C. The van der Waals surface area contributed by atoms with Gasteiger partial charge in [-0.1, -0.05) is 52.8 Å². The Labute approximate surface area is 222 Å². The monoisotopic (exact) mass is 524 g/mol. The van der Waals surface area contributed by atoms with Crippen molar-refractivity contribution >= 4 is 34.5 Å². The molecule has 1 N–H and O–H groups in total. The molecule has 1 fully saturated rings. The lowest BCUT2D eigenvalue weighted by Crippen LogP contribution is -2.59. The minimum absolute atomic E-state index is 0.0892. The van der Waals surface area contributed by atoms with Gasteiger partial charge in [-0.2, -0.15) is 0 Å². The van der Waals surface area contributed by atoms with Crippen LogP contribution in [0.15, 0.2) is 30.3 Å². The maximum atomic E-state index is 13.8. The summed E-state index contributed by atoms with van der Waals surface area (Å²) in [7, 11) is 0. The predicted molar refractivity (Wildman–Crippen MR) is 139 cm³/mol. The van der Waals surface area contributed by atoms with Crippen LogP contribution in [0.25, 0.3) is 10.8 Å². The van der Waals surface area contributed by atoms with E-state index in [1.54, 1.807) is 32.9 Å². The summed E-state index contributed by atoms with van der Waals surface area (Å²) >= 11 is 0. The quantitative estimate of drug-likeness (QED) is 0.381. The molecule has 0 radical (unpaired) electrons.